The van der Waals surface area contributed by atoms with Crippen LogP contribution in [-0.2, 0) is 10.2 Å². The molecule has 3 aromatic rings. The topological polar surface area (TPSA) is 59.0 Å². The van der Waals surface area contributed by atoms with Crippen LogP contribution in [0.25, 0.3) is 22.3 Å². The molecular weight excluding hydrogens is 486 g/mol. The van der Waals surface area contributed by atoms with Gasteiger partial charge < -0.3 is 19.5 Å². The number of esters is 1. The standard InChI is InChI=1S/C31H36ClNO4/c1-5-36-30(35)22-10-8-21(9-11-22)23-12-13-28(37-17-16-34)25(18-23)24-19-26(31(2,3)4)29(27(32)20-24)33-14-6-7-15-33/h8-13,18-20,34H,5-7,14-17H2,1-4H3. The van der Waals surface area contributed by atoms with E-state index in [1.54, 1.807) is 19.1 Å². The molecule has 0 aliphatic carbocycles. The van der Waals surface area contributed by atoms with Crippen LogP contribution < -0.4 is 9.64 Å². The van der Waals surface area contributed by atoms with Crippen molar-refractivity contribution in [2.45, 2.75) is 46.0 Å². The van der Waals surface area contributed by atoms with Crippen LogP contribution >= 0.6 is 11.6 Å². The van der Waals surface area contributed by atoms with Crippen molar-refractivity contribution in [3.63, 3.8) is 0 Å². The van der Waals surface area contributed by atoms with E-state index in [-0.39, 0.29) is 24.6 Å². The molecule has 1 heterocycles. The molecule has 3 aromatic carbocycles. The average Bonchev–Trinajstić information content (AvgIpc) is 3.41. The first-order chi connectivity index (χ1) is 17.7. The van der Waals surface area contributed by atoms with Crippen molar-refractivity contribution >= 4 is 23.3 Å². The molecule has 1 N–H and O–H groups in total. The molecule has 0 bridgehead atoms. The summed E-state index contributed by atoms with van der Waals surface area (Å²) >= 11 is 6.99. The van der Waals surface area contributed by atoms with Gasteiger partial charge in [-0.05, 0) is 83.8 Å². The monoisotopic (exact) mass is 521 g/mol. The Morgan fingerprint density at radius 1 is 0.973 bits per heavy atom. The molecule has 0 saturated carbocycles. The lowest BCUT2D eigenvalue weighted by Gasteiger charge is -2.30. The minimum Gasteiger partial charge on any atom is -0.491 e. The molecule has 1 aliphatic heterocycles. The van der Waals surface area contributed by atoms with Crippen LogP contribution in [0.15, 0.2) is 54.6 Å². The minimum atomic E-state index is -0.329. The van der Waals surface area contributed by atoms with Crippen molar-refractivity contribution < 1.29 is 19.4 Å². The second kappa shape index (κ2) is 11.6. The SMILES string of the molecule is CCOC(=O)c1ccc(-c2ccc(OCCO)c(-c3cc(Cl)c(N4CCCC4)c(C(C)(C)C)c3)c2)cc1. The zero-order valence-electron chi connectivity index (χ0n) is 22.1. The Morgan fingerprint density at radius 3 is 2.27 bits per heavy atom. The van der Waals surface area contributed by atoms with Gasteiger partial charge in [0.25, 0.3) is 0 Å². The van der Waals surface area contributed by atoms with Gasteiger partial charge in [0.15, 0.2) is 0 Å². The molecule has 37 heavy (non-hydrogen) atoms. The molecule has 0 spiro atoms. The first kappa shape index (κ1) is 27.0. The number of carbonyl (C=O) groups excluding carboxylic acids is 1. The number of rotatable bonds is 8. The molecule has 0 amide bonds. The number of hydrogen-bond acceptors (Lipinski definition) is 5. The summed E-state index contributed by atoms with van der Waals surface area (Å²) in [4.78, 5) is 14.5. The van der Waals surface area contributed by atoms with E-state index in [4.69, 9.17) is 21.1 Å². The fourth-order valence-corrected chi connectivity index (χ4v) is 5.16. The van der Waals surface area contributed by atoms with E-state index >= 15 is 0 Å². The highest BCUT2D eigenvalue weighted by atomic mass is 35.5. The lowest BCUT2D eigenvalue weighted by atomic mass is 9.83. The Kier molecular flexibility index (Phi) is 8.46. The zero-order valence-corrected chi connectivity index (χ0v) is 22.9. The predicted octanol–water partition coefficient (Wildman–Crippen LogP) is 7.12. The molecule has 0 unspecified atom stereocenters. The van der Waals surface area contributed by atoms with E-state index in [0.717, 1.165) is 46.1 Å². The third-order valence-corrected chi connectivity index (χ3v) is 6.95. The third-order valence-electron chi connectivity index (χ3n) is 6.66. The number of hydrogen-bond donors (Lipinski definition) is 1. The van der Waals surface area contributed by atoms with Crippen LogP contribution in [0.3, 0.4) is 0 Å². The van der Waals surface area contributed by atoms with Gasteiger partial charge in [0.1, 0.15) is 12.4 Å². The van der Waals surface area contributed by atoms with Gasteiger partial charge in [-0.3, -0.25) is 0 Å². The van der Waals surface area contributed by atoms with Gasteiger partial charge in [0.2, 0.25) is 0 Å². The Hall–Kier alpha value is -3.02. The zero-order chi connectivity index (χ0) is 26.6. The van der Waals surface area contributed by atoms with Gasteiger partial charge in [-0.1, -0.05) is 50.6 Å². The first-order valence-corrected chi connectivity index (χ1v) is 13.4. The Bertz CT molecular complexity index is 1240. The molecule has 0 radical (unpaired) electrons. The first-order valence-electron chi connectivity index (χ1n) is 13.0. The summed E-state index contributed by atoms with van der Waals surface area (Å²) < 4.78 is 11.0. The van der Waals surface area contributed by atoms with Crippen LogP contribution in [0.4, 0.5) is 5.69 Å². The molecule has 1 aliphatic rings. The summed E-state index contributed by atoms with van der Waals surface area (Å²) in [5.41, 5.74) is 6.57. The van der Waals surface area contributed by atoms with Crippen molar-refractivity contribution in [3.8, 4) is 28.0 Å². The summed E-state index contributed by atoms with van der Waals surface area (Å²) in [5, 5.41) is 10.1. The van der Waals surface area contributed by atoms with Crippen molar-refractivity contribution in [2.75, 3.05) is 37.8 Å². The molecule has 1 saturated heterocycles. The highest BCUT2D eigenvalue weighted by Crippen LogP contribution is 2.44. The smallest absolute Gasteiger partial charge is 0.338 e. The number of benzene rings is 3. The summed E-state index contributed by atoms with van der Waals surface area (Å²) in [6.45, 7) is 10.9. The fraction of sp³-hybridized carbons (Fsp3) is 0.387. The molecule has 5 nitrogen and oxygen atoms in total. The van der Waals surface area contributed by atoms with Crippen molar-refractivity contribution in [3.05, 3.63) is 70.7 Å². The van der Waals surface area contributed by atoms with E-state index in [9.17, 15) is 9.90 Å². The van der Waals surface area contributed by atoms with Gasteiger partial charge in [0, 0.05) is 18.7 Å². The molecule has 1 fully saturated rings. The minimum absolute atomic E-state index is 0.0710. The average molecular weight is 522 g/mol. The quantitative estimate of drug-likeness (QED) is 0.320. The summed E-state index contributed by atoms with van der Waals surface area (Å²) in [5.74, 6) is 0.357. The second-order valence-corrected chi connectivity index (χ2v) is 10.8. The van der Waals surface area contributed by atoms with Crippen LogP contribution in [0.5, 0.6) is 5.75 Å². The summed E-state index contributed by atoms with van der Waals surface area (Å²) in [7, 11) is 0. The third kappa shape index (κ3) is 6.11. The lowest BCUT2D eigenvalue weighted by molar-refractivity contribution is 0.0526. The van der Waals surface area contributed by atoms with E-state index in [1.807, 2.05) is 30.3 Å². The highest BCUT2D eigenvalue weighted by Gasteiger charge is 2.27. The molecule has 0 atom stereocenters. The number of halogens is 1. The van der Waals surface area contributed by atoms with Crippen molar-refractivity contribution in [1.29, 1.82) is 0 Å². The Morgan fingerprint density at radius 2 is 1.65 bits per heavy atom. The molecular formula is C31H36ClNO4. The van der Waals surface area contributed by atoms with E-state index < -0.39 is 0 Å². The largest absolute Gasteiger partial charge is 0.491 e. The number of aliphatic hydroxyl groups is 1. The van der Waals surface area contributed by atoms with Crippen molar-refractivity contribution in [2.24, 2.45) is 0 Å². The normalized spacial score (nSPS) is 13.6. The molecule has 4 rings (SSSR count). The maximum Gasteiger partial charge on any atom is 0.338 e. The molecule has 196 valence electrons. The van der Waals surface area contributed by atoms with Gasteiger partial charge >= 0.3 is 5.97 Å². The highest BCUT2D eigenvalue weighted by molar-refractivity contribution is 6.34. The van der Waals surface area contributed by atoms with Crippen LogP contribution in [-0.4, -0.2) is 44.0 Å². The number of anilines is 1. The van der Waals surface area contributed by atoms with Crippen molar-refractivity contribution in [1.82, 2.24) is 0 Å². The number of nitrogens with zero attached hydrogens (tertiary/aromatic N) is 1. The van der Waals surface area contributed by atoms with Gasteiger partial charge in [-0.15, -0.1) is 0 Å². The second-order valence-electron chi connectivity index (χ2n) is 10.4. The molecule has 0 aromatic heterocycles. The molecule has 6 heteroatoms. The maximum absolute atomic E-state index is 12.1. The van der Waals surface area contributed by atoms with E-state index in [1.165, 1.54) is 18.4 Å². The number of aliphatic hydroxyl groups excluding tert-OH is 1. The Labute approximate surface area is 225 Å². The predicted molar refractivity (Wildman–Crippen MR) is 151 cm³/mol. The van der Waals surface area contributed by atoms with E-state index in [2.05, 4.69) is 37.8 Å². The van der Waals surface area contributed by atoms with Gasteiger partial charge in [-0.25, -0.2) is 4.79 Å². The maximum atomic E-state index is 12.1. The Balaban J connectivity index is 1.81. The fourth-order valence-electron chi connectivity index (χ4n) is 4.82. The van der Waals surface area contributed by atoms with Gasteiger partial charge in [0.05, 0.1) is 29.5 Å². The number of carbonyl (C=O) groups is 1. The van der Waals surface area contributed by atoms with E-state index in [0.29, 0.717) is 17.9 Å². The van der Waals surface area contributed by atoms with Crippen LogP contribution in [0.1, 0.15) is 56.5 Å². The summed E-state index contributed by atoms with van der Waals surface area (Å²) in [6, 6.07) is 17.7. The van der Waals surface area contributed by atoms with Crippen LogP contribution in [0.2, 0.25) is 5.02 Å². The van der Waals surface area contributed by atoms with Gasteiger partial charge in [-0.2, -0.15) is 0 Å². The summed E-state index contributed by atoms with van der Waals surface area (Å²) in [6.07, 6.45) is 2.36. The number of ether oxygens (including phenoxy) is 2. The lowest BCUT2D eigenvalue weighted by Crippen LogP contribution is -2.24. The van der Waals surface area contributed by atoms with Crippen LogP contribution in [0, 0.1) is 0 Å².